The predicted molar refractivity (Wildman–Crippen MR) is 109 cm³/mol. The first-order valence-corrected chi connectivity index (χ1v) is 10.3. The van der Waals surface area contributed by atoms with E-state index in [9.17, 15) is 22.4 Å². The van der Waals surface area contributed by atoms with Gasteiger partial charge in [0.05, 0.1) is 10.5 Å². The minimum absolute atomic E-state index is 0.0257. The summed E-state index contributed by atoms with van der Waals surface area (Å²) in [4.78, 5) is 24.8. The van der Waals surface area contributed by atoms with E-state index >= 15 is 0 Å². The van der Waals surface area contributed by atoms with Crippen LogP contribution in [-0.4, -0.2) is 38.6 Å². The highest BCUT2D eigenvalue weighted by atomic mass is 32.2. The summed E-state index contributed by atoms with van der Waals surface area (Å²) in [6.45, 7) is 0. The second kappa shape index (κ2) is 8.56. The molecular weight excluding hydrogens is 409 g/mol. The van der Waals surface area contributed by atoms with E-state index in [4.69, 9.17) is 4.74 Å². The monoisotopic (exact) mass is 427 g/mol. The van der Waals surface area contributed by atoms with Crippen molar-refractivity contribution in [1.82, 2.24) is 4.31 Å². The molecule has 3 aromatic carbocycles. The molecule has 0 aliphatic heterocycles. The molecule has 0 fully saturated rings. The maximum Gasteiger partial charge on any atom is 0.343 e. The number of ether oxygens (including phenoxy) is 1. The van der Waals surface area contributed by atoms with E-state index in [0.29, 0.717) is 11.1 Å². The van der Waals surface area contributed by atoms with Crippen LogP contribution in [0.2, 0.25) is 0 Å². The minimum atomic E-state index is -3.69. The summed E-state index contributed by atoms with van der Waals surface area (Å²) in [5.74, 6) is -1.27. The third-order valence-corrected chi connectivity index (χ3v) is 6.09. The quantitative estimate of drug-likeness (QED) is 0.342. The number of carbonyl (C=O) groups is 2. The SMILES string of the molecule is CN(C)S(=O)(=O)c1cccc(C(=O)Oc2ccc(C(=O)c3ccc(F)cc3)cc2)c1. The molecule has 154 valence electrons. The van der Waals surface area contributed by atoms with Gasteiger partial charge in [0, 0.05) is 25.2 Å². The molecule has 8 heteroatoms. The Labute approximate surface area is 173 Å². The van der Waals surface area contributed by atoms with Crippen molar-refractivity contribution in [2.45, 2.75) is 4.90 Å². The van der Waals surface area contributed by atoms with Crippen LogP contribution in [0.25, 0.3) is 0 Å². The minimum Gasteiger partial charge on any atom is -0.423 e. The zero-order chi connectivity index (χ0) is 21.9. The van der Waals surface area contributed by atoms with Crippen LogP contribution in [0.1, 0.15) is 26.3 Å². The van der Waals surface area contributed by atoms with E-state index in [1.807, 2.05) is 0 Å². The highest BCUT2D eigenvalue weighted by Gasteiger charge is 2.19. The molecule has 0 aromatic heterocycles. The van der Waals surface area contributed by atoms with Gasteiger partial charge in [0.1, 0.15) is 11.6 Å². The van der Waals surface area contributed by atoms with Gasteiger partial charge in [-0.05, 0) is 66.7 Å². The smallest absolute Gasteiger partial charge is 0.343 e. The Morgan fingerprint density at radius 3 is 1.97 bits per heavy atom. The molecule has 3 rings (SSSR count). The number of halogens is 1. The van der Waals surface area contributed by atoms with Gasteiger partial charge in [-0.15, -0.1) is 0 Å². The number of sulfonamides is 1. The fourth-order valence-corrected chi connectivity index (χ4v) is 3.55. The van der Waals surface area contributed by atoms with E-state index in [-0.39, 0.29) is 22.0 Å². The zero-order valence-electron chi connectivity index (χ0n) is 16.2. The van der Waals surface area contributed by atoms with Gasteiger partial charge >= 0.3 is 5.97 Å². The summed E-state index contributed by atoms with van der Waals surface area (Å²) in [6, 6.07) is 16.6. The van der Waals surface area contributed by atoms with E-state index in [1.165, 1.54) is 86.9 Å². The summed E-state index contributed by atoms with van der Waals surface area (Å²) in [7, 11) is -0.890. The van der Waals surface area contributed by atoms with Gasteiger partial charge in [-0.25, -0.2) is 21.9 Å². The number of benzene rings is 3. The lowest BCUT2D eigenvalue weighted by Crippen LogP contribution is -2.22. The molecule has 0 saturated carbocycles. The molecule has 0 saturated heterocycles. The van der Waals surface area contributed by atoms with Crippen molar-refractivity contribution in [3.8, 4) is 5.75 Å². The number of esters is 1. The molecule has 0 amide bonds. The highest BCUT2D eigenvalue weighted by molar-refractivity contribution is 7.89. The third-order valence-electron chi connectivity index (χ3n) is 4.28. The van der Waals surface area contributed by atoms with E-state index in [2.05, 4.69) is 0 Å². The van der Waals surface area contributed by atoms with Crippen LogP contribution in [0, 0.1) is 5.82 Å². The lowest BCUT2D eigenvalue weighted by molar-refractivity contribution is 0.0734. The molecule has 0 atom stereocenters. The van der Waals surface area contributed by atoms with Gasteiger partial charge in [0.15, 0.2) is 5.78 Å². The number of hydrogen-bond acceptors (Lipinski definition) is 5. The summed E-state index contributed by atoms with van der Waals surface area (Å²) in [5.41, 5.74) is 0.755. The molecule has 0 heterocycles. The molecular formula is C22H18FNO5S. The summed E-state index contributed by atoms with van der Waals surface area (Å²) >= 11 is 0. The van der Waals surface area contributed by atoms with Crippen molar-refractivity contribution < 1.29 is 27.1 Å². The van der Waals surface area contributed by atoms with Crippen LogP contribution < -0.4 is 4.74 Å². The molecule has 0 bridgehead atoms. The Morgan fingerprint density at radius 2 is 1.40 bits per heavy atom. The molecule has 0 aliphatic carbocycles. The molecule has 30 heavy (non-hydrogen) atoms. The van der Waals surface area contributed by atoms with E-state index in [0.717, 1.165) is 4.31 Å². The fraction of sp³-hybridized carbons (Fsp3) is 0.0909. The van der Waals surface area contributed by atoms with Crippen LogP contribution in [0.3, 0.4) is 0 Å². The largest absolute Gasteiger partial charge is 0.423 e. The second-order valence-corrected chi connectivity index (χ2v) is 8.72. The summed E-state index contributed by atoms with van der Waals surface area (Å²) in [5, 5.41) is 0. The molecule has 6 nitrogen and oxygen atoms in total. The zero-order valence-corrected chi connectivity index (χ0v) is 17.0. The lowest BCUT2D eigenvalue weighted by atomic mass is 10.0. The fourth-order valence-electron chi connectivity index (χ4n) is 2.60. The maximum absolute atomic E-state index is 13.0. The van der Waals surface area contributed by atoms with Gasteiger partial charge in [0.25, 0.3) is 0 Å². The van der Waals surface area contributed by atoms with Gasteiger partial charge in [-0.2, -0.15) is 0 Å². The standard InChI is InChI=1S/C22H18FNO5S/c1-24(2)30(27,28)20-5-3-4-17(14-20)22(26)29-19-12-8-16(9-13-19)21(25)15-6-10-18(23)11-7-15/h3-14H,1-2H3. The first-order valence-electron chi connectivity index (χ1n) is 8.83. The molecule has 0 radical (unpaired) electrons. The van der Waals surface area contributed by atoms with Crippen molar-refractivity contribution in [2.75, 3.05) is 14.1 Å². The Morgan fingerprint density at radius 1 is 0.833 bits per heavy atom. The Kier molecular flexibility index (Phi) is 6.09. The maximum atomic E-state index is 13.0. The number of rotatable bonds is 6. The van der Waals surface area contributed by atoms with E-state index in [1.54, 1.807) is 0 Å². The number of ketones is 1. The van der Waals surface area contributed by atoms with E-state index < -0.39 is 21.8 Å². The number of carbonyl (C=O) groups excluding carboxylic acids is 2. The topological polar surface area (TPSA) is 80.8 Å². The normalized spacial score (nSPS) is 11.3. The van der Waals surface area contributed by atoms with Crippen LogP contribution in [0.4, 0.5) is 4.39 Å². The van der Waals surface area contributed by atoms with Crippen LogP contribution in [0.5, 0.6) is 5.75 Å². The van der Waals surface area contributed by atoms with Gasteiger partial charge in [0.2, 0.25) is 10.0 Å². The molecule has 0 spiro atoms. The van der Waals surface area contributed by atoms with Crippen molar-refractivity contribution in [3.63, 3.8) is 0 Å². The van der Waals surface area contributed by atoms with Crippen LogP contribution in [-0.2, 0) is 10.0 Å². The van der Waals surface area contributed by atoms with Crippen molar-refractivity contribution in [1.29, 1.82) is 0 Å². The van der Waals surface area contributed by atoms with Crippen molar-refractivity contribution >= 4 is 21.8 Å². The highest BCUT2D eigenvalue weighted by Crippen LogP contribution is 2.19. The summed E-state index contributed by atoms with van der Waals surface area (Å²) < 4.78 is 43.8. The molecule has 3 aromatic rings. The van der Waals surface area contributed by atoms with Gasteiger partial charge in [-0.1, -0.05) is 6.07 Å². The third kappa shape index (κ3) is 4.61. The van der Waals surface area contributed by atoms with Crippen molar-refractivity contribution in [3.05, 3.63) is 95.3 Å². The van der Waals surface area contributed by atoms with Crippen molar-refractivity contribution in [2.24, 2.45) is 0 Å². The van der Waals surface area contributed by atoms with Crippen LogP contribution >= 0.6 is 0 Å². The molecule has 0 N–H and O–H groups in total. The average molecular weight is 427 g/mol. The van der Waals surface area contributed by atoms with Gasteiger partial charge < -0.3 is 4.74 Å². The first kappa shape index (κ1) is 21.4. The van der Waals surface area contributed by atoms with Crippen LogP contribution in [0.15, 0.2) is 77.7 Å². The molecule has 0 unspecified atom stereocenters. The Balaban J connectivity index is 1.75. The first-order chi connectivity index (χ1) is 14.2. The lowest BCUT2D eigenvalue weighted by Gasteiger charge is -2.12. The Bertz CT molecular complexity index is 1190. The average Bonchev–Trinajstić information content (AvgIpc) is 2.74. The number of nitrogens with zero attached hydrogens (tertiary/aromatic N) is 1. The number of hydrogen-bond donors (Lipinski definition) is 0. The summed E-state index contributed by atoms with van der Waals surface area (Å²) in [6.07, 6.45) is 0. The second-order valence-electron chi connectivity index (χ2n) is 6.57. The molecule has 0 aliphatic rings. The predicted octanol–water partition coefficient (Wildman–Crippen LogP) is 3.53. The van der Waals surface area contributed by atoms with Gasteiger partial charge in [-0.3, -0.25) is 4.79 Å². The Hall–Kier alpha value is -3.36.